The summed E-state index contributed by atoms with van der Waals surface area (Å²) in [6, 6.07) is 3.59. The third-order valence-corrected chi connectivity index (χ3v) is 4.04. The molecular formula is C14H17F2NO2. The molecule has 1 aliphatic rings. The van der Waals surface area contributed by atoms with Crippen LogP contribution in [0.15, 0.2) is 18.2 Å². The van der Waals surface area contributed by atoms with Gasteiger partial charge in [-0.2, -0.15) is 0 Å². The van der Waals surface area contributed by atoms with E-state index in [9.17, 15) is 13.6 Å². The lowest BCUT2D eigenvalue weighted by Crippen LogP contribution is -2.34. The molecule has 0 spiro atoms. The van der Waals surface area contributed by atoms with Crippen molar-refractivity contribution in [2.45, 2.75) is 32.4 Å². The highest BCUT2D eigenvalue weighted by molar-refractivity contribution is 5.71. The summed E-state index contributed by atoms with van der Waals surface area (Å²) in [6.45, 7) is 4.40. The normalized spacial score (nSPS) is 25.5. The van der Waals surface area contributed by atoms with Crippen LogP contribution in [0.3, 0.4) is 0 Å². The molecule has 1 heterocycles. The predicted octanol–water partition coefficient (Wildman–Crippen LogP) is 2.82. The second-order valence-electron chi connectivity index (χ2n) is 5.06. The number of halogens is 2. The lowest BCUT2D eigenvalue weighted by molar-refractivity contribution is -0.142. The fraction of sp³-hybridized carbons (Fsp3) is 0.500. The molecule has 1 fully saturated rings. The number of rotatable bonds is 3. The Balaban J connectivity index is 2.18. The Morgan fingerprint density at radius 3 is 2.63 bits per heavy atom. The average molecular weight is 269 g/mol. The summed E-state index contributed by atoms with van der Waals surface area (Å²) in [4.78, 5) is 13.1. The van der Waals surface area contributed by atoms with Crippen LogP contribution in [0.1, 0.15) is 31.9 Å². The number of aliphatic carboxylic acids is 1. The molecule has 1 saturated heterocycles. The molecule has 0 aromatic heterocycles. The maximum Gasteiger partial charge on any atom is 0.308 e. The van der Waals surface area contributed by atoms with Crippen LogP contribution >= 0.6 is 0 Å². The number of carboxylic acid groups (broad SMARTS) is 1. The van der Waals surface area contributed by atoms with Crippen molar-refractivity contribution < 1.29 is 18.7 Å². The lowest BCUT2D eigenvalue weighted by Gasteiger charge is -2.30. The first-order chi connectivity index (χ1) is 8.91. The Morgan fingerprint density at radius 2 is 2.11 bits per heavy atom. The van der Waals surface area contributed by atoms with Gasteiger partial charge in [0.2, 0.25) is 0 Å². The first-order valence-electron chi connectivity index (χ1n) is 6.35. The summed E-state index contributed by atoms with van der Waals surface area (Å²) >= 11 is 0. The Morgan fingerprint density at radius 1 is 1.42 bits per heavy atom. The van der Waals surface area contributed by atoms with Gasteiger partial charge in [0.15, 0.2) is 11.6 Å². The Bertz CT molecular complexity index is 492. The molecule has 0 amide bonds. The standard InChI is InChI=1S/C14H17F2NO2/c1-8(10-3-4-12(15)13(16)7-10)17-6-5-11(9(17)2)14(18)19/h3-4,7-9,11H,5-6H2,1-2H3,(H,18,19). The Labute approximate surface area is 110 Å². The maximum atomic E-state index is 13.2. The minimum Gasteiger partial charge on any atom is -0.481 e. The SMILES string of the molecule is CC(c1ccc(F)c(F)c1)N1CCC(C(=O)O)C1C. The molecule has 3 unspecified atom stereocenters. The second-order valence-corrected chi connectivity index (χ2v) is 5.06. The number of carbonyl (C=O) groups is 1. The lowest BCUT2D eigenvalue weighted by atomic mass is 10.0. The van der Waals surface area contributed by atoms with E-state index in [1.165, 1.54) is 6.07 Å². The van der Waals surface area contributed by atoms with Crippen LogP contribution < -0.4 is 0 Å². The molecule has 1 aromatic rings. The van der Waals surface area contributed by atoms with E-state index in [1.54, 1.807) is 6.07 Å². The molecule has 2 rings (SSSR count). The molecular weight excluding hydrogens is 252 g/mol. The van der Waals surface area contributed by atoms with Crippen LogP contribution in [-0.2, 0) is 4.79 Å². The number of hydrogen-bond donors (Lipinski definition) is 1. The number of nitrogens with zero attached hydrogens (tertiary/aromatic N) is 1. The molecule has 19 heavy (non-hydrogen) atoms. The van der Waals surface area contributed by atoms with Gasteiger partial charge in [0, 0.05) is 12.1 Å². The van der Waals surface area contributed by atoms with Crippen LogP contribution in [0.25, 0.3) is 0 Å². The van der Waals surface area contributed by atoms with Crippen LogP contribution in [0.2, 0.25) is 0 Å². The van der Waals surface area contributed by atoms with E-state index in [1.807, 2.05) is 18.7 Å². The molecule has 104 valence electrons. The Hall–Kier alpha value is -1.49. The zero-order valence-electron chi connectivity index (χ0n) is 10.9. The van der Waals surface area contributed by atoms with Gasteiger partial charge in [-0.3, -0.25) is 9.69 Å². The fourth-order valence-electron chi connectivity index (χ4n) is 2.80. The van der Waals surface area contributed by atoms with Crippen LogP contribution in [0.4, 0.5) is 8.78 Å². The van der Waals surface area contributed by atoms with Crippen molar-refractivity contribution >= 4 is 5.97 Å². The molecule has 3 atom stereocenters. The van der Waals surface area contributed by atoms with Gasteiger partial charge in [0.1, 0.15) is 0 Å². The van der Waals surface area contributed by atoms with Gasteiger partial charge in [-0.1, -0.05) is 6.07 Å². The summed E-state index contributed by atoms with van der Waals surface area (Å²) in [7, 11) is 0. The number of benzene rings is 1. The van der Waals surface area contributed by atoms with Crippen molar-refractivity contribution in [3.8, 4) is 0 Å². The first kappa shape index (κ1) is 13.9. The zero-order chi connectivity index (χ0) is 14.2. The molecule has 3 nitrogen and oxygen atoms in total. The van der Waals surface area contributed by atoms with E-state index in [0.29, 0.717) is 18.5 Å². The van der Waals surface area contributed by atoms with Gasteiger partial charge in [0.25, 0.3) is 0 Å². The van der Waals surface area contributed by atoms with E-state index in [2.05, 4.69) is 0 Å². The molecule has 1 N–H and O–H groups in total. The Kier molecular flexibility index (Phi) is 3.85. The summed E-state index contributed by atoms with van der Waals surface area (Å²) in [5, 5.41) is 9.10. The van der Waals surface area contributed by atoms with E-state index in [-0.39, 0.29) is 12.1 Å². The minimum atomic E-state index is -0.869. The average Bonchev–Trinajstić information content (AvgIpc) is 2.74. The highest BCUT2D eigenvalue weighted by Gasteiger charge is 2.38. The summed E-state index contributed by atoms with van der Waals surface area (Å²) < 4.78 is 26.2. The van der Waals surface area contributed by atoms with Gasteiger partial charge >= 0.3 is 5.97 Å². The van der Waals surface area contributed by atoms with E-state index in [4.69, 9.17) is 5.11 Å². The second kappa shape index (κ2) is 5.25. The quantitative estimate of drug-likeness (QED) is 0.917. The summed E-state index contributed by atoms with van der Waals surface area (Å²) in [5.74, 6) is -2.93. The smallest absolute Gasteiger partial charge is 0.308 e. The van der Waals surface area contributed by atoms with Crippen molar-refractivity contribution in [2.75, 3.05) is 6.54 Å². The van der Waals surface area contributed by atoms with Gasteiger partial charge in [-0.05, 0) is 44.5 Å². The van der Waals surface area contributed by atoms with Crippen molar-refractivity contribution in [2.24, 2.45) is 5.92 Å². The number of hydrogen-bond acceptors (Lipinski definition) is 2. The van der Waals surface area contributed by atoms with Crippen molar-refractivity contribution in [1.82, 2.24) is 4.90 Å². The largest absolute Gasteiger partial charge is 0.481 e. The summed E-state index contributed by atoms with van der Waals surface area (Å²) in [5.41, 5.74) is 0.664. The highest BCUT2D eigenvalue weighted by atomic mass is 19.2. The van der Waals surface area contributed by atoms with Crippen molar-refractivity contribution in [1.29, 1.82) is 0 Å². The molecule has 0 bridgehead atoms. The number of likely N-dealkylation sites (tertiary alicyclic amines) is 1. The van der Waals surface area contributed by atoms with Crippen LogP contribution in [-0.4, -0.2) is 28.6 Å². The summed E-state index contributed by atoms with van der Waals surface area (Å²) in [6.07, 6.45) is 0.588. The van der Waals surface area contributed by atoms with E-state index >= 15 is 0 Å². The highest BCUT2D eigenvalue weighted by Crippen LogP contribution is 2.33. The fourth-order valence-corrected chi connectivity index (χ4v) is 2.80. The molecule has 0 saturated carbocycles. The molecule has 5 heteroatoms. The van der Waals surface area contributed by atoms with Crippen LogP contribution in [0.5, 0.6) is 0 Å². The minimum absolute atomic E-state index is 0.111. The van der Waals surface area contributed by atoms with E-state index in [0.717, 1.165) is 6.07 Å². The van der Waals surface area contributed by atoms with Crippen molar-refractivity contribution in [3.63, 3.8) is 0 Å². The zero-order valence-corrected chi connectivity index (χ0v) is 10.9. The predicted molar refractivity (Wildman–Crippen MR) is 66.7 cm³/mol. The molecule has 1 aliphatic heterocycles. The van der Waals surface area contributed by atoms with Gasteiger partial charge in [-0.15, -0.1) is 0 Å². The molecule has 0 aliphatic carbocycles. The van der Waals surface area contributed by atoms with Gasteiger partial charge in [-0.25, -0.2) is 8.78 Å². The number of carboxylic acids is 1. The topological polar surface area (TPSA) is 40.5 Å². The van der Waals surface area contributed by atoms with Crippen LogP contribution in [0, 0.1) is 17.6 Å². The van der Waals surface area contributed by atoms with Crippen molar-refractivity contribution in [3.05, 3.63) is 35.4 Å². The molecule has 0 radical (unpaired) electrons. The molecule has 1 aromatic carbocycles. The van der Waals surface area contributed by atoms with Gasteiger partial charge < -0.3 is 5.11 Å². The third-order valence-electron chi connectivity index (χ3n) is 4.04. The third kappa shape index (κ3) is 2.61. The maximum absolute atomic E-state index is 13.2. The van der Waals surface area contributed by atoms with E-state index < -0.39 is 23.5 Å². The first-order valence-corrected chi connectivity index (χ1v) is 6.35. The van der Waals surface area contributed by atoms with Gasteiger partial charge in [0.05, 0.1) is 5.92 Å². The monoisotopic (exact) mass is 269 g/mol.